The first-order chi connectivity index (χ1) is 9.45. The maximum atomic E-state index is 11.4. The second kappa shape index (κ2) is 7.56. The van der Waals surface area contributed by atoms with Crippen LogP contribution in [0.5, 0.6) is 0 Å². The van der Waals surface area contributed by atoms with E-state index in [-0.39, 0.29) is 18.2 Å². The summed E-state index contributed by atoms with van der Waals surface area (Å²) in [5, 5.41) is 23.3. The lowest BCUT2D eigenvalue weighted by atomic mass is 10.1. The van der Waals surface area contributed by atoms with Crippen molar-refractivity contribution >= 4 is 11.7 Å². The van der Waals surface area contributed by atoms with Crippen molar-refractivity contribution in [2.24, 2.45) is 0 Å². The van der Waals surface area contributed by atoms with Gasteiger partial charge in [0.05, 0.1) is 17.6 Å². The fraction of sp³-hybridized carbons (Fsp3) is 0.462. The van der Waals surface area contributed by atoms with E-state index in [1.165, 1.54) is 24.3 Å². The van der Waals surface area contributed by atoms with Crippen LogP contribution >= 0.6 is 0 Å². The van der Waals surface area contributed by atoms with Gasteiger partial charge < -0.3 is 15.2 Å². The Bertz CT molecular complexity index is 460. The number of carbonyl (C=O) groups is 1. The van der Waals surface area contributed by atoms with Crippen LogP contribution in [0.2, 0.25) is 0 Å². The predicted molar refractivity (Wildman–Crippen MR) is 72.2 cm³/mol. The number of non-ortho nitro benzene ring substituents is 1. The summed E-state index contributed by atoms with van der Waals surface area (Å²) in [5.41, 5.74) is 0.507. The molecule has 2 N–H and O–H groups in total. The van der Waals surface area contributed by atoms with Crippen LogP contribution in [0.15, 0.2) is 24.3 Å². The molecule has 0 radical (unpaired) electrons. The summed E-state index contributed by atoms with van der Waals surface area (Å²) in [7, 11) is 0. The number of nitro groups is 1. The summed E-state index contributed by atoms with van der Waals surface area (Å²) in [5.74, 6) is -0.386. The number of rotatable bonds is 7. The van der Waals surface area contributed by atoms with Crippen molar-refractivity contribution in [3.63, 3.8) is 0 Å². The minimum atomic E-state index is -0.854. The van der Waals surface area contributed by atoms with Crippen molar-refractivity contribution in [2.75, 3.05) is 13.2 Å². The third-order valence-corrected chi connectivity index (χ3v) is 2.75. The number of nitro benzene ring substituents is 1. The molecular formula is C13H18N2O5. The monoisotopic (exact) mass is 282 g/mol. The van der Waals surface area contributed by atoms with Crippen LogP contribution in [0, 0.1) is 10.1 Å². The molecule has 0 aliphatic carbocycles. The average molecular weight is 282 g/mol. The smallest absolute Gasteiger partial charge is 0.322 e. The number of nitrogens with one attached hydrogen (secondary N) is 1. The Hall–Kier alpha value is -1.99. The molecule has 2 unspecified atom stereocenters. The van der Waals surface area contributed by atoms with Gasteiger partial charge in [0.2, 0.25) is 0 Å². The van der Waals surface area contributed by atoms with Gasteiger partial charge in [-0.15, -0.1) is 0 Å². The van der Waals surface area contributed by atoms with Crippen molar-refractivity contribution in [3.05, 3.63) is 39.9 Å². The van der Waals surface area contributed by atoms with E-state index in [9.17, 15) is 20.0 Å². The van der Waals surface area contributed by atoms with Crippen LogP contribution in [0.3, 0.4) is 0 Å². The van der Waals surface area contributed by atoms with E-state index in [4.69, 9.17) is 4.74 Å². The number of hydrogen-bond acceptors (Lipinski definition) is 6. The van der Waals surface area contributed by atoms with E-state index in [0.717, 1.165) is 0 Å². The van der Waals surface area contributed by atoms with Gasteiger partial charge in [-0.2, -0.15) is 0 Å². The molecule has 0 aromatic heterocycles. The Morgan fingerprint density at radius 2 is 2.05 bits per heavy atom. The van der Waals surface area contributed by atoms with E-state index >= 15 is 0 Å². The fourth-order valence-corrected chi connectivity index (χ4v) is 1.58. The molecule has 0 aliphatic heterocycles. The van der Waals surface area contributed by atoms with Crippen LogP contribution in [0.1, 0.15) is 25.5 Å². The molecule has 7 nitrogen and oxygen atoms in total. The molecule has 110 valence electrons. The minimum absolute atomic E-state index is 0.0335. The van der Waals surface area contributed by atoms with E-state index in [1.807, 2.05) is 0 Å². The molecule has 1 aromatic rings. The predicted octanol–water partition coefficient (Wildman–Crippen LogP) is 1.17. The Labute approximate surface area is 116 Å². The molecule has 0 bridgehead atoms. The number of benzene rings is 1. The lowest BCUT2D eigenvalue weighted by Crippen LogP contribution is -2.37. The molecule has 1 aromatic carbocycles. The molecular weight excluding hydrogens is 264 g/mol. The van der Waals surface area contributed by atoms with Gasteiger partial charge in [-0.25, -0.2) is 0 Å². The van der Waals surface area contributed by atoms with Crippen LogP contribution in [-0.2, 0) is 9.53 Å². The number of aliphatic hydroxyl groups excluding tert-OH is 1. The number of nitrogens with zero attached hydrogens (tertiary/aromatic N) is 1. The summed E-state index contributed by atoms with van der Waals surface area (Å²) < 4.78 is 4.83. The number of carbonyl (C=O) groups excluding carboxylic acids is 1. The van der Waals surface area contributed by atoms with Gasteiger partial charge in [-0.1, -0.05) is 0 Å². The van der Waals surface area contributed by atoms with Gasteiger partial charge in [0.25, 0.3) is 5.69 Å². The summed E-state index contributed by atoms with van der Waals surface area (Å²) in [6.45, 7) is 3.81. The van der Waals surface area contributed by atoms with Crippen molar-refractivity contribution in [3.8, 4) is 0 Å². The summed E-state index contributed by atoms with van der Waals surface area (Å²) in [4.78, 5) is 21.4. The minimum Gasteiger partial charge on any atom is -0.465 e. The fourth-order valence-electron chi connectivity index (χ4n) is 1.58. The molecule has 0 fully saturated rings. The molecule has 2 atom stereocenters. The lowest BCUT2D eigenvalue weighted by molar-refractivity contribution is -0.384. The standard InChI is InChI=1S/C13H18N2O5/c1-3-20-13(17)9(2)14-8-12(16)10-4-6-11(7-5-10)15(18)19/h4-7,9,12,14,16H,3,8H2,1-2H3. The zero-order valence-electron chi connectivity index (χ0n) is 11.4. The molecule has 0 saturated heterocycles. The number of hydrogen-bond donors (Lipinski definition) is 2. The third kappa shape index (κ3) is 4.60. The molecule has 0 heterocycles. The summed E-state index contributed by atoms with van der Waals surface area (Å²) in [6, 6.07) is 5.10. The van der Waals surface area contributed by atoms with Crippen molar-refractivity contribution < 1.29 is 19.6 Å². The Morgan fingerprint density at radius 3 is 2.55 bits per heavy atom. The van der Waals surface area contributed by atoms with Crippen LogP contribution in [-0.4, -0.2) is 35.2 Å². The van der Waals surface area contributed by atoms with Crippen LogP contribution in [0.4, 0.5) is 5.69 Å². The Morgan fingerprint density at radius 1 is 1.45 bits per heavy atom. The van der Waals surface area contributed by atoms with Crippen LogP contribution < -0.4 is 5.32 Å². The third-order valence-electron chi connectivity index (χ3n) is 2.75. The molecule has 7 heteroatoms. The SMILES string of the molecule is CCOC(=O)C(C)NCC(O)c1ccc([N+](=O)[O-])cc1. The highest BCUT2D eigenvalue weighted by Crippen LogP contribution is 2.17. The lowest BCUT2D eigenvalue weighted by Gasteiger charge is -2.16. The molecule has 1 rings (SSSR count). The Kier molecular flexibility index (Phi) is 6.08. The van der Waals surface area contributed by atoms with Gasteiger partial charge in [0, 0.05) is 18.7 Å². The molecule has 20 heavy (non-hydrogen) atoms. The van der Waals surface area contributed by atoms with E-state index in [1.54, 1.807) is 13.8 Å². The van der Waals surface area contributed by atoms with Gasteiger partial charge in [-0.3, -0.25) is 14.9 Å². The van der Waals surface area contributed by atoms with Gasteiger partial charge in [0.15, 0.2) is 0 Å². The highest BCUT2D eigenvalue weighted by atomic mass is 16.6. The van der Waals surface area contributed by atoms with Crippen LogP contribution in [0.25, 0.3) is 0 Å². The Balaban J connectivity index is 2.52. The topological polar surface area (TPSA) is 102 Å². The van der Waals surface area contributed by atoms with Gasteiger partial charge in [-0.05, 0) is 31.5 Å². The zero-order valence-corrected chi connectivity index (χ0v) is 11.4. The first-order valence-electron chi connectivity index (χ1n) is 6.28. The van der Waals surface area contributed by atoms with E-state index < -0.39 is 17.1 Å². The summed E-state index contributed by atoms with van der Waals surface area (Å²) >= 11 is 0. The van der Waals surface area contributed by atoms with Gasteiger partial charge in [0.1, 0.15) is 6.04 Å². The molecule has 0 aliphatic rings. The maximum Gasteiger partial charge on any atom is 0.322 e. The molecule has 0 amide bonds. The van der Waals surface area contributed by atoms with Crippen molar-refractivity contribution in [2.45, 2.75) is 26.0 Å². The number of esters is 1. The first-order valence-corrected chi connectivity index (χ1v) is 6.28. The maximum absolute atomic E-state index is 11.4. The van der Waals surface area contributed by atoms with E-state index in [0.29, 0.717) is 12.2 Å². The zero-order chi connectivity index (χ0) is 15.1. The van der Waals surface area contributed by atoms with Crippen molar-refractivity contribution in [1.82, 2.24) is 5.32 Å². The molecule has 0 saturated carbocycles. The summed E-state index contributed by atoms with van der Waals surface area (Å²) in [6.07, 6.45) is -0.854. The van der Waals surface area contributed by atoms with E-state index in [2.05, 4.69) is 5.32 Å². The van der Waals surface area contributed by atoms with Gasteiger partial charge >= 0.3 is 5.97 Å². The first kappa shape index (κ1) is 16.1. The highest BCUT2D eigenvalue weighted by molar-refractivity contribution is 5.75. The highest BCUT2D eigenvalue weighted by Gasteiger charge is 2.16. The largest absolute Gasteiger partial charge is 0.465 e. The quantitative estimate of drug-likeness (QED) is 0.442. The second-order valence-corrected chi connectivity index (χ2v) is 4.25. The molecule has 0 spiro atoms. The second-order valence-electron chi connectivity index (χ2n) is 4.25. The average Bonchev–Trinajstić information content (AvgIpc) is 2.44. The number of ether oxygens (including phenoxy) is 1. The normalized spacial score (nSPS) is 13.6. The number of aliphatic hydroxyl groups is 1. The van der Waals surface area contributed by atoms with Crippen molar-refractivity contribution in [1.29, 1.82) is 0 Å².